The first kappa shape index (κ1) is 12.4. The number of rotatable bonds is 5. The minimum atomic E-state index is -0.0807. The molecule has 0 aromatic rings. The Morgan fingerprint density at radius 2 is 1.56 bits per heavy atom. The van der Waals surface area contributed by atoms with Crippen LogP contribution in [0.4, 0.5) is 0 Å². The van der Waals surface area contributed by atoms with Crippen molar-refractivity contribution >= 4 is 0 Å². The molecule has 16 heavy (non-hydrogen) atoms. The molecule has 2 heteroatoms. The van der Waals surface area contributed by atoms with E-state index in [1.54, 1.807) is 0 Å². The molecular weight excluding hydrogens is 198 g/mol. The molecule has 0 heterocycles. The summed E-state index contributed by atoms with van der Waals surface area (Å²) in [6.07, 6.45) is 7.75. The standard InChI is InChI=1S/C14H27NO/c1-10(2)11-5-7-13(8-6-11)15-9-14(16)12-3-4-12/h10-16H,3-9H2,1-2H3. The molecule has 2 aliphatic carbocycles. The van der Waals surface area contributed by atoms with Crippen molar-refractivity contribution in [1.82, 2.24) is 5.32 Å². The lowest BCUT2D eigenvalue weighted by molar-refractivity contribution is 0.137. The van der Waals surface area contributed by atoms with Crippen LogP contribution in [0.25, 0.3) is 0 Å². The topological polar surface area (TPSA) is 32.3 Å². The Kier molecular flexibility index (Phi) is 4.26. The van der Waals surface area contributed by atoms with Gasteiger partial charge in [-0.1, -0.05) is 13.8 Å². The molecule has 2 aliphatic rings. The van der Waals surface area contributed by atoms with Crippen LogP contribution in [-0.2, 0) is 0 Å². The molecule has 1 atom stereocenters. The van der Waals surface area contributed by atoms with Gasteiger partial charge in [0.05, 0.1) is 6.10 Å². The average molecular weight is 225 g/mol. The molecule has 0 spiro atoms. The summed E-state index contributed by atoms with van der Waals surface area (Å²) in [6.45, 7) is 5.51. The van der Waals surface area contributed by atoms with Crippen molar-refractivity contribution in [1.29, 1.82) is 0 Å². The molecule has 0 radical (unpaired) electrons. The first-order chi connectivity index (χ1) is 7.66. The van der Waals surface area contributed by atoms with Crippen molar-refractivity contribution in [3.63, 3.8) is 0 Å². The van der Waals surface area contributed by atoms with Crippen LogP contribution in [-0.4, -0.2) is 23.8 Å². The summed E-state index contributed by atoms with van der Waals surface area (Å²) in [6, 6.07) is 0.670. The van der Waals surface area contributed by atoms with Gasteiger partial charge in [-0.05, 0) is 56.3 Å². The van der Waals surface area contributed by atoms with Gasteiger partial charge < -0.3 is 10.4 Å². The van der Waals surface area contributed by atoms with Crippen LogP contribution in [0.15, 0.2) is 0 Å². The minimum Gasteiger partial charge on any atom is -0.392 e. The quantitative estimate of drug-likeness (QED) is 0.753. The summed E-state index contributed by atoms with van der Waals surface area (Å²) in [5.41, 5.74) is 0. The molecule has 2 saturated carbocycles. The highest BCUT2D eigenvalue weighted by atomic mass is 16.3. The molecule has 94 valence electrons. The Bertz CT molecular complexity index is 205. The van der Waals surface area contributed by atoms with Crippen molar-refractivity contribution in [2.45, 2.75) is 64.5 Å². The first-order valence-electron chi connectivity index (χ1n) is 7.08. The fourth-order valence-corrected chi connectivity index (χ4v) is 2.93. The Balaban J connectivity index is 1.61. The van der Waals surface area contributed by atoms with Gasteiger partial charge in [-0.2, -0.15) is 0 Å². The van der Waals surface area contributed by atoms with Gasteiger partial charge in [0.1, 0.15) is 0 Å². The predicted molar refractivity (Wildman–Crippen MR) is 67.3 cm³/mol. The van der Waals surface area contributed by atoms with Crippen LogP contribution in [0.3, 0.4) is 0 Å². The molecule has 2 N–H and O–H groups in total. The number of aliphatic hydroxyl groups excluding tert-OH is 1. The van der Waals surface area contributed by atoms with Gasteiger partial charge in [-0.15, -0.1) is 0 Å². The maximum atomic E-state index is 9.80. The van der Waals surface area contributed by atoms with Crippen molar-refractivity contribution in [2.75, 3.05) is 6.54 Å². The minimum absolute atomic E-state index is 0.0807. The molecular formula is C14H27NO. The van der Waals surface area contributed by atoms with E-state index in [0.29, 0.717) is 12.0 Å². The number of hydrogen-bond acceptors (Lipinski definition) is 2. The molecule has 0 aromatic heterocycles. The molecule has 0 amide bonds. The van der Waals surface area contributed by atoms with E-state index in [9.17, 15) is 5.11 Å². The largest absolute Gasteiger partial charge is 0.392 e. The van der Waals surface area contributed by atoms with Gasteiger partial charge in [0.25, 0.3) is 0 Å². The highest BCUT2D eigenvalue weighted by Gasteiger charge is 2.30. The molecule has 0 bridgehead atoms. The van der Waals surface area contributed by atoms with Crippen LogP contribution in [0.5, 0.6) is 0 Å². The highest BCUT2D eigenvalue weighted by molar-refractivity contribution is 4.84. The van der Waals surface area contributed by atoms with Crippen molar-refractivity contribution in [3.8, 4) is 0 Å². The number of nitrogens with one attached hydrogen (secondary N) is 1. The van der Waals surface area contributed by atoms with Gasteiger partial charge in [-0.25, -0.2) is 0 Å². The van der Waals surface area contributed by atoms with E-state index in [1.807, 2.05) is 0 Å². The van der Waals surface area contributed by atoms with E-state index < -0.39 is 0 Å². The third-order valence-corrected chi connectivity index (χ3v) is 4.50. The van der Waals surface area contributed by atoms with Crippen molar-refractivity contribution in [2.24, 2.45) is 17.8 Å². The second-order valence-corrected chi connectivity index (χ2v) is 6.17. The normalized spacial score (nSPS) is 33.0. The van der Waals surface area contributed by atoms with E-state index in [-0.39, 0.29) is 6.10 Å². The van der Waals surface area contributed by atoms with Crippen molar-refractivity contribution in [3.05, 3.63) is 0 Å². The Morgan fingerprint density at radius 3 is 2.06 bits per heavy atom. The summed E-state index contributed by atoms with van der Waals surface area (Å²) in [7, 11) is 0. The molecule has 2 nitrogen and oxygen atoms in total. The molecule has 0 saturated heterocycles. The molecule has 1 unspecified atom stereocenters. The number of aliphatic hydroxyl groups is 1. The van der Waals surface area contributed by atoms with Crippen LogP contribution >= 0.6 is 0 Å². The summed E-state index contributed by atoms with van der Waals surface area (Å²) in [5.74, 6) is 2.39. The van der Waals surface area contributed by atoms with Crippen molar-refractivity contribution < 1.29 is 5.11 Å². The van der Waals surface area contributed by atoms with E-state index in [1.165, 1.54) is 38.5 Å². The monoisotopic (exact) mass is 225 g/mol. The lowest BCUT2D eigenvalue weighted by Crippen LogP contribution is -2.39. The fourth-order valence-electron chi connectivity index (χ4n) is 2.93. The van der Waals surface area contributed by atoms with E-state index in [2.05, 4.69) is 19.2 Å². The summed E-state index contributed by atoms with van der Waals surface area (Å²) >= 11 is 0. The van der Waals surface area contributed by atoms with Crippen LogP contribution in [0.1, 0.15) is 52.4 Å². The van der Waals surface area contributed by atoms with E-state index >= 15 is 0 Å². The van der Waals surface area contributed by atoms with Crippen LogP contribution < -0.4 is 5.32 Å². The molecule has 2 rings (SSSR count). The fraction of sp³-hybridized carbons (Fsp3) is 1.00. The third-order valence-electron chi connectivity index (χ3n) is 4.50. The molecule has 2 fully saturated rings. The zero-order valence-corrected chi connectivity index (χ0v) is 10.8. The lowest BCUT2D eigenvalue weighted by Gasteiger charge is -2.31. The zero-order chi connectivity index (χ0) is 11.5. The Labute approximate surface area is 99.8 Å². The second kappa shape index (κ2) is 5.50. The highest BCUT2D eigenvalue weighted by Crippen LogP contribution is 2.33. The Morgan fingerprint density at radius 1 is 1.00 bits per heavy atom. The number of hydrogen-bond donors (Lipinski definition) is 2. The maximum absolute atomic E-state index is 9.80. The average Bonchev–Trinajstić information content (AvgIpc) is 3.10. The smallest absolute Gasteiger partial charge is 0.0692 e. The predicted octanol–water partition coefficient (Wildman–Crippen LogP) is 2.56. The summed E-state index contributed by atoms with van der Waals surface area (Å²) in [5, 5.41) is 13.3. The van der Waals surface area contributed by atoms with Gasteiger partial charge in [-0.3, -0.25) is 0 Å². The summed E-state index contributed by atoms with van der Waals surface area (Å²) < 4.78 is 0. The van der Waals surface area contributed by atoms with Gasteiger partial charge in [0.2, 0.25) is 0 Å². The van der Waals surface area contributed by atoms with Gasteiger partial charge >= 0.3 is 0 Å². The SMILES string of the molecule is CC(C)C1CCC(NCC(O)C2CC2)CC1. The van der Waals surface area contributed by atoms with Gasteiger partial charge in [0.15, 0.2) is 0 Å². The van der Waals surface area contributed by atoms with Gasteiger partial charge in [0, 0.05) is 12.6 Å². The van der Waals surface area contributed by atoms with E-state index in [0.717, 1.165) is 18.4 Å². The lowest BCUT2D eigenvalue weighted by atomic mass is 9.79. The first-order valence-corrected chi connectivity index (χ1v) is 7.08. The van der Waals surface area contributed by atoms with E-state index in [4.69, 9.17) is 0 Å². The van der Waals surface area contributed by atoms with Crippen LogP contribution in [0.2, 0.25) is 0 Å². The summed E-state index contributed by atoms with van der Waals surface area (Å²) in [4.78, 5) is 0. The Hall–Kier alpha value is -0.0800. The molecule has 0 aromatic carbocycles. The molecule has 0 aliphatic heterocycles. The maximum Gasteiger partial charge on any atom is 0.0692 e. The zero-order valence-electron chi connectivity index (χ0n) is 10.8. The third kappa shape index (κ3) is 3.46. The second-order valence-electron chi connectivity index (χ2n) is 6.17. The van der Waals surface area contributed by atoms with Crippen LogP contribution in [0, 0.1) is 17.8 Å².